The number of alkyl carbamates (subject to hydrolysis) is 1. The van der Waals surface area contributed by atoms with Crippen LogP contribution in [0.3, 0.4) is 0 Å². The molecule has 0 bridgehead atoms. The topological polar surface area (TPSA) is 182 Å². The molecule has 5 aliphatic rings. The predicted octanol–water partition coefficient (Wildman–Crippen LogP) is 7.69. The van der Waals surface area contributed by atoms with Gasteiger partial charge < -0.3 is 58.5 Å². The number of nitrogens with one attached hydrogen (secondary N) is 2. The molecule has 1 saturated carbocycles. The summed E-state index contributed by atoms with van der Waals surface area (Å²) in [6, 6.07) is 6.25. The maximum atomic E-state index is 14.3. The minimum atomic E-state index is -1.30. The smallest absolute Gasteiger partial charge is 0.407 e. The van der Waals surface area contributed by atoms with Crippen molar-refractivity contribution in [1.82, 2.24) is 15.7 Å². The van der Waals surface area contributed by atoms with E-state index in [9.17, 15) is 19.5 Å². The molecule has 3 N–H and O–H groups in total. The number of aliphatic hydroxyl groups excluding tert-OH is 1. The third-order valence-corrected chi connectivity index (χ3v) is 15.8. The molecule has 4 aliphatic heterocycles. The van der Waals surface area contributed by atoms with Crippen molar-refractivity contribution in [3.63, 3.8) is 0 Å². The first-order chi connectivity index (χ1) is 31.7. The fraction of sp³-hybridized carbons (Fsp3) is 0.800. The zero-order valence-electron chi connectivity index (χ0n) is 42.0. The van der Waals surface area contributed by atoms with E-state index in [2.05, 4.69) is 65.4 Å². The Hall–Kier alpha value is -2.92. The van der Waals surface area contributed by atoms with E-state index in [0.29, 0.717) is 18.4 Å². The summed E-state index contributed by atoms with van der Waals surface area (Å²) >= 11 is 0. The van der Waals surface area contributed by atoms with E-state index in [-0.39, 0.29) is 91.2 Å². The molecule has 67 heavy (non-hydrogen) atoms. The van der Waals surface area contributed by atoms with Crippen LogP contribution in [0, 0.1) is 41.4 Å². The molecule has 20 atom stereocenters. The van der Waals surface area contributed by atoms with Crippen molar-refractivity contribution < 1.29 is 62.2 Å². The first kappa shape index (κ1) is 53.4. The van der Waals surface area contributed by atoms with Crippen LogP contribution in [0.1, 0.15) is 119 Å². The van der Waals surface area contributed by atoms with Gasteiger partial charge in [-0.2, -0.15) is 5.06 Å². The average molecular weight is 963 g/mol. The van der Waals surface area contributed by atoms with Crippen LogP contribution in [0.15, 0.2) is 30.3 Å². The second kappa shape index (κ2) is 23.3. The van der Waals surface area contributed by atoms with Crippen LogP contribution in [0.25, 0.3) is 0 Å². The van der Waals surface area contributed by atoms with Crippen molar-refractivity contribution in [2.24, 2.45) is 41.4 Å². The average Bonchev–Trinajstić information content (AvgIpc) is 3.58. The van der Waals surface area contributed by atoms with Crippen molar-refractivity contribution >= 4 is 31.9 Å². The molecule has 6 rings (SSSR count). The highest BCUT2D eigenvalue weighted by Crippen LogP contribution is 2.46. The fourth-order valence-electron chi connectivity index (χ4n) is 10.4. The molecule has 5 fully saturated rings. The lowest BCUT2D eigenvalue weighted by atomic mass is 9.76. The Morgan fingerprint density at radius 3 is 2.19 bits per heavy atom. The minimum Gasteiger partial charge on any atom is -0.444 e. The van der Waals surface area contributed by atoms with E-state index in [1.807, 2.05) is 13.6 Å². The van der Waals surface area contributed by atoms with E-state index in [1.165, 1.54) is 0 Å². The highest BCUT2D eigenvalue weighted by molar-refractivity contribution is 7.55. The lowest BCUT2D eigenvalue weighted by Gasteiger charge is -2.50. The van der Waals surface area contributed by atoms with Crippen LogP contribution in [0.4, 0.5) is 9.59 Å². The molecule has 0 spiro atoms. The van der Waals surface area contributed by atoms with Crippen LogP contribution in [0.2, 0.25) is 0 Å². The first-order valence-corrected chi connectivity index (χ1v) is 26.8. The number of hydrogen-bond acceptors (Lipinski definition) is 13. The largest absolute Gasteiger partial charge is 0.444 e. The second-order valence-electron chi connectivity index (χ2n) is 21.0. The standard InChI is InChI=1S/C50H80N3O13P/c1-14-34-23-27(3)29(5)38(59-34)25-35-32(8)46(60-37(35)15-2)63-43-40(54)36(24-28(4)41(43)62-45-31(7)30(6)42-39(61-45)26-58-49(64-42)67(12)13)52-47(56)53(22-21-51-48(57)65-50(9,10)11)66-44(55)33-19-17-16-18-20-33/h16-20,27-32,34-43,45-46,49,54H,12,14-15,21-26H2,1-11,13H3,(H-,51,52,56,57)/p+1. The molecule has 378 valence electrons. The number of amides is 3. The molecule has 1 aliphatic carbocycles. The third kappa shape index (κ3) is 13.3. The number of hydroxylamine groups is 2. The van der Waals surface area contributed by atoms with Gasteiger partial charge in [0.1, 0.15) is 38.1 Å². The highest BCUT2D eigenvalue weighted by atomic mass is 31.1. The number of rotatable bonds is 14. The normalized spacial score (nSPS) is 39.1. The SMILES string of the molecule is C=[P+](C)C1OCC2OC(OC3C(C)CC(NC(=O)N(CCNC(=O)OC(C)(C)C)OC(=O)c4ccccc4)C(O)C3OC3OC(CC)C(CC4OC(CC)CC(C)C4C)C3C)C(C)C(C)C2O1. The minimum absolute atomic E-state index is 0.0541. The van der Waals surface area contributed by atoms with Gasteiger partial charge in [-0.1, -0.05) is 73.6 Å². The Morgan fingerprint density at radius 1 is 0.851 bits per heavy atom. The lowest BCUT2D eigenvalue weighted by molar-refractivity contribution is -0.347. The van der Waals surface area contributed by atoms with E-state index in [4.69, 9.17) is 42.7 Å². The first-order valence-electron chi connectivity index (χ1n) is 24.8. The molecule has 1 aromatic rings. The van der Waals surface area contributed by atoms with Gasteiger partial charge in [-0.15, -0.1) is 0 Å². The van der Waals surface area contributed by atoms with Gasteiger partial charge >= 0.3 is 24.1 Å². The van der Waals surface area contributed by atoms with Gasteiger partial charge in [0.25, 0.3) is 0 Å². The molecular formula is C50H81N3O13P+. The van der Waals surface area contributed by atoms with Gasteiger partial charge in [0.2, 0.25) is 0 Å². The van der Waals surface area contributed by atoms with E-state index < -0.39 is 68.2 Å². The third-order valence-electron chi connectivity index (χ3n) is 14.8. The monoisotopic (exact) mass is 963 g/mol. The Labute approximate surface area is 399 Å². The number of ether oxygens (including phenoxy) is 8. The van der Waals surface area contributed by atoms with Gasteiger partial charge in [-0.05, 0) is 94.6 Å². The summed E-state index contributed by atoms with van der Waals surface area (Å²) in [6.07, 6.45) is 2.72. The van der Waals surface area contributed by atoms with Gasteiger partial charge in [0.15, 0.2) is 12.6 Å². The van der Waals surface area contributed by atoms with Crippen LogP contribution >= 0.6 is 7.55 Å². The van der Waals surface area contributed by atoms with Crippen molar-refractivity contribution in [2.75, 3.05) is 26.4 Å². The summed E-state index contributed by atoms with van der Waals surface area (Å²) in [6.45, 7) is 24.6. The van der Waals surface area contributed by atoms with Gasteiger partial charge in [0.05, 0.1) is 61.6 Å². The molecule has 1 aromatic carbocycles. The Bertz CT molecular complexity index is 1800. The number of carbonyl (C=O) groups is 3. The summed E-state index contributed by atoms with van der Waals surface area (Å²) in [4.78, 5) is 45.7. The molecule has 4 heterocycles. The Balaban J connectivity index is 1.23. The number of nitrogens with zero attached hydrogens (tertiary/aromatic N) is 1. The lowest BCUT2D eigenvalue weighted by Crippen LogP contribution is -2.64. The molecular weight excluding hydrogens is 882 g/mol. The molecule has 16 nitrogen and oxygen atoms in total. The van der Waals surface area contributed by atoms with Gasteiger partial charge in [-0.25, -0.2) is 14.4 Å². The molecule has 3 amide bonds. The van der Waals surface area contributed by atoms with Crippen molar-refractivity contribution in [3.8, 4) is 0 Å². The van der Waals surface area contributed by atoms with E-state index in [0.717, 1.165) is 30.7 Å². The maximum Gasteiger partial charge on any atom is 0.407 e. The second-order valence-corrected chi connectivity index (χ2v) is 22.9. The number of urea groups is 1. The predicted molar refractivity (Wildman–Crippen MR) is 254 cm³/mol. The zero-order valence-corrected chi connectivity index (χ0v) is 42.9. The van der Waals surface area contributed by atoms with E-state index >= 15 is 0 Å². The summed E-state index contributed by atoms with van der Waals surface area (Å²) in [5.74, 6) is -0.0918. The number of benzene rings is 1. The highest BCUT2D eigenvalue weighted by Gasteiger charge is 2.54. The summed E-state index contributed by atoms with van der Waals surface area (Å²) in [7, 11) is -0.723. The molecule has 20 unspecified atom stereocenters. The van der Waals surface area contributed by atoms with Crippen LogP contribution in [-0.4, -0.2) is 140 Å². The van der Waals surface area contributed by atoms with Crippen molar-refractivity contribution in [1.29, 1.82) is 0 Å². The maximum absolute atomic E-state index is 14.3. The molecule has 0 radical (unpaired) electrons. The van der Waals surface area contributed by atoms with Gasteiger partial charge in [0, 0.05) is 18.4 Å². The number of carbonyl (C=O) groups excluding carboxylic acids is 3. The quantitative estimate of drug-likeness (QED) is 0.122. The Morgan fingerprint density at radius 2 is 1.54 bits per heavy atom. The fourth-order valence-corrected chi connectivity index (χ4v) is 11.1. The van der Waals surface area contributed by atoms with Crippen LogP contribution < -0.4 is 10.6 Å². The van der Waals surface area contributed by atoms with Crippen LogP contribution in [-0.2, 0) is 42.7 Å². The van der Waals surface area contributed by atoms with E-state index in [1.54, 1.807) is 51.1 Å². The zero-order chi connectivity index (χ0) is 48.9. The molecule has 0 aromatic heterocycles. The van der Waals surface area contributed by atoms with Crippen molar-refractivity contribution in [3.05, 3.63) is 35.9 Å². The number of aliphatic hydroxyl groups is 1. The number of hydrogen-bond donors (Lipinski definition) is 3. The van der Waals surface area contributed by atoms with Crippen LogP contribution in [0.5, 0.6) is 0 Å². The molecule has 4 saturated heterocycles. The van der Waals surface area contributed by atoms with Gasteiger partial charge in [-0.3, -0.25) is 0 Å². The number of fused-ring (bicyclic) bond motifs is 1. The Kier molecular flexibility index (Phi) is 18.6. The molecule has 17 heteroatoms. The summed E-state index contributed by atoms with van der Waals surface area (Å²) < 4.78 is 51.9. The van der Waals surface area contributed by atoms with Crippen molar-refractivity contribution in [2.45, 2.75) is 187 Å². The summed E-state index contributed by atoms with van der Waals surface area (Å²) in [5, 5.41) is 18.9. The summed E-state index contributed by atoms with van der Waals surface area (Å²) in [5.41, 5.74) is -0.521.